The average molecular weight is 268 g/mol. The fraction of sp³-hybridized carbons (Fsp3) is 0.538. The van der Waals surface area contributed by atoms with Crippen LogP contribution in [0.2, 0.25) is 0 Å². The van der Waals surface area contributed by atoms with E-state index in [2.05, 4.69) is 45.5 Å². The van der Waals surface area contributed by atoms with Crippen LogP contribution in [0.15, 0.2) is 28.7 Å². The van der Waals surface area contributed by atoms with Crippen molar-refractivity contribution in [2.45, 2.75) is 25.7 Å². The lowest BCUT2D eigenvalue weighted by Gasteiger charge is -2.07. The normalized spacial score (nSPS) is 20.7. The smallest absolute Gasteiger partial charge is 0.0177 e. The van der Waals surface area contributed by atoms with Crippen molar-refractivity contribution in [1.29, 1.82) is 0 Å². The quantitative estimate of drug-likeness (QED) is 0.882. The van der Waals surface area contributed by atoms with Crippen molar-refractivity contribution >= 4 is 15.9 Å². The summed E-state index contributed by atoms with van der Waals surface area (Å²) >= 11 is 3.51. The van der Waals surface area contributed by atoms with E-state index < -0.39 is 0 Å². The minimum Gasteiger partial charge on any atom is -0.316 e. The van der Waals surface area contributed by atoms with Crippen LogP contribution >= 0.6 is 15.9 Å². The van der Waals surface area contributed by atoms with Crippen molar-refractivity contribution < 1.29 is 0 Å². The van der Waals surface area contributed by atoms with Crippen LogP contribution in [0.4, 0.5) is 0 Å². The zero-order valence-corrected chi connectivity index (χ0v) is 10.6. The van der Waals surface area contributed by atoms with Crippen LogP contribution in [0.1, 0.15) is 24.8 Å². The molecule has 0 amide bonds. The Morgan fingerprint density at radius 3 is 3.07 bits per heavy atom. The number of hydrogen-bond acceptors (Lipinski definition) is 1. The third-order valence-electron chi connectivity index (χ3n) is 3.13. The minimum absolute atomic E-state index is 0.928. The molecule has 1 atom stereocenters. The Hall–Kier alpha value is -0.340. The highest BCUT2D eigenvalue weighted by atomic mass is 79.9. The minimum atomic E-state index is 0.928. The van der Waals surface area contributed by atoms with Gasteiger partial charge in [-0.05, 0) is 62.4 Å². The molecule has 0 radical (unpaired) electrons. The van der Waals surface area contributed by atoms with Crippen LogP contribution in [0, 0.1) is 5.92 Å². The van der Waals surface area contributed by atoms with E-state index in [4.69, 9.17) is 0 Å². The summed E-state index contributed by atoms with van der Waals surface area (Å²) in [5.74, 6) is 0.928. The average Bonchev–Trinajstić information content (AvgIpc) is 2.71. The molecule has 1 fully saturated rings. The van der Waals surface area contributed by atoms with Crippen molar-refractivity contribution in [3.63, 3.8) is 0 Å². The monoisotopic (exact) mass is 267 g/mol. The molecule has 1 aromatic carbocycles. The summed E-state index contributed by atoms with van der Waals surface area (Å²) in [6.45, 7) is 2.46. The molecule has 0 spiro atoms. The van der Waals surface area contributed by atoms with E-state index in [0.29, 0.717) is 0 Å². The van der Waals surface area contributed by atoms with Gasteiger partial charge in [0.15, 0.2) is 0 Å². The molecule has 82 valence electrons. The molecule has 2 heteroatoms. The first-order valence-electron chi connectivity index (χ1n) is 5.80. The van der Waals surface area contributed by atoms with Crippen molar-refractivity contribution in [3.05, 3.63) is 34.3 Å². The SMILES string of the molecule is Brc1cccc(CCCC2CCNC2)c1. The lowest BCUT2D eigenvalue weighted by atomic mass is 9.99. The fourth-order valence-electron chi connectivity index (χ4n) is 2.25. The van der Waals surface area contributed by atoms with E-state index in [1.54, 1.807) is 0 Å². The maximum Gasteiger partial charge on any atom is 0.0177 e. The van der Waals surface area contributed by atoms with Gasteiger partial charge in [-0.3, -0.25) is 0 Å². The Kier molecular flexibility index (Phi) is 4.21. The lowest BCUT2D eigenvalue weighted by molar-refractivity contribution is 0.510. The highest BCUT2D eigenvalue weighted by Crippen LogP contribution is 2.18. The third-order valence-corrected chi connectivity index (χ3v) is 3.62. The van der Waals surface area contributed by atoms with Crippen molar-refractivity contribution in [3.8, 4) is 0 Å². The van der Waals surface area contributed by atoms with Crippen LogP contribution in [0.25, 0.3) is 0 Å². The van der Waals surface area contributed by atoms with Crippen molar-refractivity contribution in [1.82, 2.24) is 5.32 Å². The van der Waals surface area contributed by atoms with Crippen LogP contribution in [-0.4, -0.2) is 13.1 Å². The number of hydrogen-bond donors (Lipinski definition) is 1. The van der Waals surface area contributed by atoms with Gasteiger partial charge in [0, 0.05) is 4.47 Å². The van der Waals surface area contributed by atoms with E-state index in [1.807, 2.05) is 0 Å². The molecular weight excluding hydrogens is 250 g/mol. The maximum atomic E-state index is 3.51. The number of rotatable bonds is 4. The van der Waals surface area contributed by atoms with Crippen molar-refractivity contribution in [2.75, 3.05) is 13.1 Å². The van der Waals surface area contributed by atoms with E-state index in [1.165, 1.54) is 48.8 Å². The molecule has 1 aliphatic rings. The summed E-state index contributed by atoms with van der Waals surface area (Å²) < 4.78 is 1.20. The number of halogens is 1. The maximum absolute atomic E-state index is 3.51. The summed E-state index contributed by atoms with van der Waals surface area (Å²) in [6.07, 6.45) is 5.29. The second-order valence-electron chi connectivity index (χ2n) is 4.38. The Morgan fingerprint density at radius 2 is 2.33 bits per heavy atom. The van der Waals surface area contributed by atoms with E-state index in [0.717, 1.165) is 5.92 Å². The van der Waals surface area contributed by atoms with E-state index >= 15 is 0 Å². The number of nitrogens with one attached hydrogen (secondary N) is 1. The molecule has 1 heterocycles. The zero-order chi connectivity index (χ0) is 10.5. The largest absolute Gasteiger partial charge is 0.316 e. The molecule has 1 aliphatic heterocycles. The highest BCUT2D eigenvalue weighted by molar-refractivity contribution is 9.10. The van der Waals surface area contributed by atoms with Gasteiger partial charge in [0.2, 0.25) is 0 Å². The van der Waals surface area contributed by atoms with Crippen LogP contribution in [0.5, 0.6) is 0 Å². The second kappa shape index (κ2) is 5.66. The first-order chi connectivity index (χ1) is 7.34. The van der Waals surface area contributed by atoms with Gasteiger partial charge in [0.05, 0.1) is 0 Å². The molecular formula is C13H18BrN. The predicted octanol–water partition coefficient (Wildman–Crippen LogP) is 3.38. The van der Waals surface area contributed by atoms with Gasteiger partial charge in [-0.25, -0.2) is 0 Å². The molecule has 0 aromatic heterocycles. The summed E-state index contributed by atoms with van der Waals surface area (Å²) in [7, 11) is 0. The highest BCUT2D eigenvalue weighted by Gasteiger charge is 2.13. The van der Waals surface area contributed by atoms with E-state index in [-0.39, 0.29) is 0 Å². The van der Waals surface area contributed by atoms with Crippen molar-refractivity contribution in [2.24, 2.45) is 5.92 Å². The molecule has 1 N–H and O–H groups in total. The number of aryl methyl sites for hydroxylation is 1. The molecule has 2 rings (SSSR count). The molecule has 1 nitrogen and oxygen atoms in total. The molecule has 15 heavy (non-hydrogen) atoms. The Bertz CT molecular complexity index is 305. The predicted molar refractivity (Wildman–Crippen MR) is 68.1 cm³/mol. The van der Waals surface area contributed by atoms with Gasteiger partial charge in [0.25, 0.3) is 0 Å². The number of benzene rings is 1. The van der Waals surface area contributed by atoms with E-state index in [9.17, 15) is 0 Å². The topological polar surface area (TPSA) is 12.0 Å². The summed E-state index contributed by atoms with van der Waals surface area (Å²) in [5.41, 5.74) is 1.45. The molecule has 0 saturated carbocycles. The van der Waals surface area contributed by atoms with Crippen LogP contribution in [0.3, 0.4) is 0 Å². The van der Waals surface area contributed by atoms with Crippen LogP contribution < -0.4 is 5.32 Å². The lowest BCUT2D eigenvalue weighted by Crippen LogP contribution is -2.08. The fourth-order valence-corrected chi connectivity index (χ4v) is 2.69. The Balaban J connectivity index is 1.73. The van der Waals surface area contributed by atoms with Gasteiger partial charge < -0.3 is 5.32 Å². The Morgan fingerprint density at radius 1 is 1.40 bits per heavy atom. The van der Waals surface area contributed by atoms with Gasteiger partial charge in [0.1, 0.15) is 0 Å². The molecule has 1 aromatic rings. The first kappa shape index (κ1) is 11.2. The summed E-state index contributed by atoms with van der Waals surface area (Å²) in [5, 5.41) is 3.42. The molecule has 1 saturated heterocycles. The Labute approximate surface area is 100 Å². The van der Waals surface area contributed by atoms with Gasteiger partial charge in [-0.1, -0.05) is 28.1 Å². The van der Waals surface area contributed by atoms with Crippen LogP contribution in [-0.2, 0) is 6.42 Å². The molecule has 0 aliphatic carbocycles. The first-order valence-corrected chi connectivity index (χ1v) is 6.59. The zero-order valence-electron chi connectivity index (χ0n) is 9.01. The molecule has 0 bridgehead atoms. The summed E-state index contributed by atoms with van der Waals surface area (Å²) in [4.78, 5) is 0. The summed E-state index contributed by atoms with van der Waals surface area (Å²) in [6, 6.07) is 8.66. The molecule has 1 unspecified atom stereocenters. The standard InChI is InChI=1S/C13H18BrN/c14-13-6-2-4-11(9-13)3-1-5-12-7-8-15-10-12/h2,4,6,9,12,15H,1,3,5,7-8,10H2. The second-order valence-corrected chi connectivity index (χ2v) is 5.30. The third kappa shape index (κ3) is 3.62. The van der Waals surface area contributed by atoms with Gasteiger partial charge in [-0.2, -0.15) is 0 Å². The van der Waals surface area contributed by atoms with Gasteiger partial charge in [-0.15, -0.1) is 0 Å². The van der Waals surface area contributed by atoms with Gasteiger partial charge >= 0.3 is 0 Å².